The molecule has 1 aliphatic heterocycles. The highest BCUT2D eigenvalue weighted by molar-refractivity contribution is 8.02. The number of thioether (sulfide) groups is 1. The van der Waals surface area contributed by atoms with Crippen molar-refractivity contribution in [3.8, 4) is 0 Å². The molecule has 1 amide bonds. The van der Waals surface area contributed by atoms with Crippen molar-refractivity contribution in [2.24, 2.45) is 5.92 Å². The number of carbonyl (C=O) groups is 1. The summed E-state index contributed by atoms with van der Waals surface area (Å²) in [7, 11) is 0. The Morgan fingerprint density at radius 2 is 2.00 bits per heavy atom. The monoisotopic (exact) mass is 472 g/mol. The van der Waals surface area contributed by atoms with Crippen molar-refractivity contribution in [2.45, 2.75) is 42.2 Å². The van der Waals surface area contributed by atoms with Gasteiger partial charge in [0.2, 0.25) is 11.0 Å². The Bertz CT molecular complexity index is 937. The van der Waals surface area contributed by atoms with Crippen LogP contribution in [0.25, 0.3) is 0 Å². The fraction of sp³-hybridized carbons (Fsp3) is 0.435. The molecule has 0 aliphatic carbocycles. The second kappa shape index (κ2) is 11.1. The summed E-state index contributed by atoms with van der Waals surface area (Å²) in [5.74, 6) is 0.881. The number of rotatable bonds is 9. The third-order valence-corrected chi connectivity index (χ3v) is 8.54. The van der Waals surface area contributed by atoms with Crippen LogP contribution in [0, 0.1) is 5.92 Å². The lowest BCUT2D eigenvalue weighted by Gasteiger charge is -2.33. The number of nitrogens with one attached hydrogen (secondary N) is 1. The maximum Gasteiger partial charge on any atom is 0.235 e. The summed E-state index contributed by atoms with van der Waals surface area (Å²) in [6, 6.07) is 14.9. The second-order valence-electron chi connectivity index (χ2n) is 7.85. The number of aromatic nitrogens is 2. The van der Waals surface area contributed by atoms with Gasteiger partial charge in [-0.2, -0.15) is 0 Å². The molecule has 2 aromatic heterocycles. The van der Waals surface area contributed by atoms with Crippen LogP contribution in [0.15, 0.2) is 52.2 Å². The van der Waals surface area contributed by atoms with E-state index in [-0.39, 0.29) is 11.2 Å². The summed E-state index contributed by atoms with van der Waals surface area (Å²) in [6.45, 7) is 4.53. The smallest absolute Gasteiger partial charge is 0.235 e. The third-order valence-electron chi connectivity index (χ3n) is 5.55. The lowest BCUT2D eigenvalue weighted by molar-refractivity contribution is -0.131. The molecule has 31 heavy (non-hydrogen) atoms. The number of hydrogen-bond donors (Lipinski definition) is 1. The molecular formula is C23H28N4OS3. The van der Waals surface area contributed by atoms with Gasteiger partial charge in [0.15, 0.2) is 4.34 Å². The number of carbonyl (C=O) groups excluding carboxylic acids is 1. The Labute approximate surface area is 196 Å². The molecule has 0 bridgehead atoms. The maximum absolute atomic E-state index is 12.9. The van der Waals surface area contributed by atoms with Crippen molar-refractivity contribution in [2.75, 3.05) is 25.0 Å². The van der Waals surface area contributed by atoms with Crippen LogP contribution in [-0.4, -0.2) is 45.9 Å². The molecule has 1 aliphatic rings. The lowest BCUT2D eigenvalue weighted by atomic mass is 9.90. The Morgan fingerprint density at radius 1 is 1.19 bits per heavy atom. The first-order chi connectivity index (χ1) is 15.2. The first-order valence-corrected chi connectivity index (χ1v) is 13.3. The minimum atomic E-state index is -0.141. The van der Waals surface area contributed by atoms with E-state index in [1.165, 1.54) is 33.5 Å². The van der Waals surface area contributed by atoms with Gasteiger partial charge >= 0.3 is 0 Å². The molecule has 3 heterocycles. The maximum atomic E-state index is 12.9. The van der Waals surface area contributed by atoms with Gasteiger partial charge in [-0.25, -0.2) is 0 Å². The normalized spacial score (nSPS) is 15.7. The van der Waals surface area contributed by atoms with E-state index in [0.717, 1.165) is 54.8 Å². The molecule has 0 saturated carbocycles. The van der Waals surface area contributed by atoms with Gasteiger partial charge in [0.1, 0.15) is 0 Å². The number of piperidine rings is 1. The molecule has 164 valence electrons. The van der Waals surface area contributed by atoms with E-state index in [2.05, 4.69) is 63.4 Å². The number of hydrogen-bond acceptors (Lipinski definition) is 7. The SMILES string of the molecule is CC(Sc1nnc(NCCc2cccs2)s1)C(=O)N1CCC(Cc2ccccc2)CC1. The number of thiophene rings is 1. The van der Waals surface area contributed by atoms with Crippen LogP contribution in [-0.2, 0) is 17.6 Å². The van der Waals surface area contributed by atoms with E-state index in [1.54, 1.807) is 11.3 Å². The number of likely N-dealkylation sites (tertiary alicyclic amines) is 1. The fourth-order valence-electron chi connectivity index (χ4n) is 3.84. The third kappa shape index (κ3) is 6.54. The van der Waals surface area contributed by atoms with Gasteiger partial charge in [-0.15, -0.1) is 21.5 Å². The minimum absolute atomic E-state index is 0.141. The summed E-state index contributed by atoms with van der Waals surface area (Å²) in [5, 5.41) is 14.6. The standard InChI is InChI=1S/C23H28N4OS3/c1-17(30-23-26-25-22(31-23)24-12-9-20-8-5-15-29-20)21(28)27-13-10-19(11-14-27)16-18-6-3-2-4-7-18/h2-8,15,17,19H,9-14,16H2,1H3,(H,24,25). The van der Waals surface area contributed by atoms with Crippen LogP contribution in [0.2, 0.25) is 0 Å². The number of anilines is 1. The molecule has 4 rings (SSSR count). The van der Waals surface area contributed by atoms with E-state index in [1.807, 2.05) is 11.8 Å². The zero-order chi connectivity index (χ0) is 21.5. The number of benzene rings is 1. The predicted molar refractivity (Wildman–Crippen MR) is 131 cm³/mol. The van der Waals surface area contributed by atoms with E-state index < -0.39 is 0 Å². The van der Waals surface area contributed by atoms with Gasteiger partial charge in [-0.05, 0) is 55.5 Å². The van der Waals surface area contributed by atoms with Gasteiger partial charge in [0, 0.05) is 24.5 Å². The molecular weight excluding hydrogens is 444 g/mol. The van der Waals surface area contributed by atoms with Crippen molar-refractivity contribution < 1.29 is 4.79 Å². The first kappa shape index (κ1) is 22.3. The summed E-state index contributed by atoms with van der Waals surface area (Å²) >= 11 is 4.81. The Balaban J connectivity index is 1.19. The minimum Gasteiger partial charge on any atom is -0.360 e. The quantitative estimate of drug-likeness (QED) is 0.433. The summed E-state index contributed by atoms with van der Waals surface area (Å²) < 4.78 is 0.846. The Morgan fingerprint density at radius 3 is 2.74 bits per heavy atom. The molecule has 0 spiro atoms. The molecule has 8 heteroatoms. The van der Waals surface area contributed by atoms with E-state index in [4.69, 9.17) is 0 Å². The highest BCUT2D eigenvalue weighted by Crippen LogP contribution is 2.31. The van der Waals surface area contributed by atoms with Crippen molar-refractivity contribution in [1.29, 1.82) is 0 Å². The summed E-state index contributed by atoms with van der Waals surface area (Å²) in [4.78, 5) is 16.3. The molecule has 1 unspecified atom stereocenters. The lowest BCUT2D eigenvalue weighted by Crippen LogP contribution is -2.42. The Kier molecular flexibility index (Phi) is 7.99. The summed E-state index contributed by atoms with van der Waals surface area (Å²) in [6.07, 6.45) is 4.25. The largest absolute Gasteiger partial charge is 0.360 e. The summed E-state index contributed by atoms with van der Waals surface area (Å²) in [5.41, 5.74) is 1.40. The fourth-order valence-corrected chi connectivity index (χ4v) is 6.55. The van der Waals surface area contributed by atoms with E-state index >= 15 is 0 Å². The molecule has 1 fully saturated rings. The van der Waals surface area contributed by atoms with Gasteiger partial charge in [-0.1, -0.05) is 59.5 Å². The van der Waals surface area contributed by atoms with Crippen molar-refractivity contribution >= 4 is 45.5 Å². The van der Waals surface area contributed by atoms with Gasteiger partial charge < -0.3 is 10.2 Å². The van der Waals surface area contributed by atoms with E-state index in [9.17, 15) is 4.79 Å². The second-order valence-corrected chi connectivity index (χ2v) is 11.4. The van der Waals surface area contributed by atoms with Crippen LogP contribution in [0.3, 0.4) is 0 Å². The average Bonchev–Trinajstić information content (AvgIpc) is 3.47. The van der Waals surface area contributed by atoms with Crippen LogP contribution in [0.5, 0.6) is 0 Å². The molecule has 3 aromatic rings. The van der Waals surface area contributed by atoms with Gasteiger partial charge in [0.25, 0.3) is 0 Å². The van der Waals surface area contributed by atoms with Crippen molar-refractivity contribution in [3.05, 3.63) is 58.3 Å². The van der Waals surface area contributed by atoms with Crippen LogP contribution < -0.4 is 5.32 Å². The van der Waals surface area contributed by atoms with Crippen LogP contribution in [0.4, 0.5) is 5.13 Å². The topological polar surface area (TPSA) is 58.1 Å². The zero-order valence-electron chi connectivity index (χ0n) is 17.7. The average molecular weight is 473 g/mol. The highest BCUT2D eigenvalue weighted by Gasteiger charge is 2.27. The molecule has 5 nitrogen and oxygen atoms in total. The van der Waals surface area contributed by atoms with Crippen LogP contribution in [0.1, 0.15) is 30.2 Å². The van der Waals surface area contributed by atoms with Crippen molar-refractivity contribution in [1.82, 2.24) is 15.1 Å². The van der Waals surface area contributed by atoms with Gasteiger partial charge in [0.05, 0.1) is 5.25 Å². The Hall–Kier alpha value is -1.90. The number of amides is 1. The molecule has 1 saturated heterocycles. The first-order valence-electron chi connectivity index (χ1n) is 10.8. The van der Waals surface area contributed by atoms with Crippen molar-refractivity contribution in [3.63, 3.8) is 0 Å². The number of nitrogens with zero attached hydrogens (tertiary/aromatic N) is 3. The molecule has 1 atom stereocenters. The zero-order valence-corrected chi connectivity index (χ0v) is 20.1. The predicted octanol–water partition coefficient (Wildman–Crippen LogP) is 5.22. The van der Waals surface area contributed by atoms with Gasteiger partial charge in [-0.3, -0.25) is 4.79 Å². The molecule has 0 radical (unpaired) electrons. The van der Waals surface area contributed by atoms with E-state index in [0.29, 0.717) is 5.92 Å². The molecule has 1 N–H and O–H groups in total. The highest BCUT2D eigenvalue weighted by atomic mass is 32.2. The van der Waals surface area contributed by atoms with Crippen LogP contribution >= 0.6 is 34.4 Å². The molecule has 1 aromatic carbocycles.